The topological polar surface area (TPSA) is 178 Å². The molecule has 0 aliphatic carbocycles. The van der Waals surface area contributed by atoms with E-state index in [1.165, 1.54) is 173 Å². The monoisotopic (exact) mass is 1070 g/mol. The number of esters is 1. The minimum Gasteiger partial charge on any atom is -0.457 e. The van der Waals surface area contributed by atoms with Crippen LogP contribution in [-0.2, 0) is 38.3 Å². The van der Waals surface area contributed by atoms with Gasteiger partial charge in [0.1, 0.15) is 30.5 Å². The van der Waals surface area contributed by atoms with Crippen molar-refractivity contribution in [2.24, 2.45) is 0 Å². The van der Waals surface area contributed by atoms with E-state index in [0.717, 1.165) is 70.6 Å². The van der Waals surface area contributed by atoms with Crippen molar-refractivity contribution in [3.05, 3.63) is 48.6 Å². The van der Waals surface area contributed by atoms with E-state index in [1.54, 1.807) is 0 Å². The normalized spacial score (nSPS) is 19.0. The van der Waals surface area contributed by atoms with E-state index in [9.17, 15) is 33.1 Å². The van der Waals surface area contributed by atoms with Crippen molar-refractivity contribution in [3.8, 4) is 0 Å². The maximum atomic E-state index is 13.0. The van der Waals surface area contributed by atoms with Crippen LogP contribution in [0.5, 0.6) is 0 Å². The van der Waals surface area contributed by atoms with Gasteiger partial charge >= 0.3 is 16.4 Å². The first-order chi connectivity index (χ1) is 36.1. The van der Waals surface area contributed by atoms with Crippen LogP contribution in [0.2, 0.25) is 0 Å². The Hall–Kier alpha value is -1.94. The highest BCUT2D eigenvalue weighted by atomic mass is 32.3. The summed E-state index contributed by atoms with van der Waals surface area (Å²) in [5.74, 6) is -0.395. The molecule has 0 saturated carbocycles. The number of aliphatic hydroxyl groups is 3. The molecular formula is C61H112O12S. The van der Waals surface area contributed by atoms with E-state index in [1.807, 2.05) is 0 Å². The smallest absolute Gasteiger partial charge is 0.397 e. The third-order valence-corrected chi connectivity index (χ3v) is 14.4. The van der Waals surface area contributed by atoms with E-state index in [-0.39, 0.29) is 19.6 Å². The summed E-state index contributed by atoms with van der Waals surface area (Å²) < 4.78 is 59.5. The molecule has 1 aliphatic heterocycles. The minimum absolute atomic E-state index is 0.0361. The largest absolute Gasteiger partial charge is 0.457 e. The van der Waals surface area contributed by atoms with Gasteiger partial charge in [-0.15, -0.1) is 0 Å². The van der Waals surface area contributed by atoms with Crippen molar-refractivity contribution in [1.82, 2.24) is 0 Å². The van der Waals surface area contributed by atoms with E-state index < -0.39 is 59.8 Å². The second-order valence-electron chi connectivity index (χ2n) is 20.9. The molecule has 12 nitrogen and oxygen atoms in total. The van der Waals surface area contributed by atoms with Crippen LogP contribution in [0.3, 0.4) is 0 Å². The zero-order valence-corrected chi connectivity index (χ0v) is 48.0. The van der Waals surface area contributed by atoms with Crippen molar-refractivity contribution in [3.63, 3.8) is 0 Å². The average Bonchev–Trinajstić information content (AvgIpc) is 3.38. The Labute approximate surface area is 453 Å². The summed E-state index contributed by atoms with van der Waals surface area (Å²) in [7, 11) is -5.07. The molecule has 0 spiro atoms. The lowest BCUT2D eigenvalue weighted by molar-refractivity contribution is -0.301. The fraction of sp³-hybridized carbons (Fsp3) is 0.852. The first-order valence-electron chi connectivity index (χ1n) is 30.4. The Bertz CT molecular complexity index is 1470. The Kier molecular flexibility index (Phi) is 49.0. The van der Waals surface area contributed by atoms with Crippen LogP contribution >= 0.6 is 0 Å². The summed E-state index contributed by atoms with van der Waals surface area (Å²) in [6, 6.07) is 0. The molecule has 0 bridgehead atoms. The number of carbonyl (C=O) groups excluding carboxylic acids is 1. The zero-order valence-electron chi connectivity index (χ0n) is 47.2. The van der Waals surface area contributed by atoms with Crippen molar-refractivity contribution in [2.75, 3.05) is 26.4 Å². The summed E-state index contributed by atoms with van der Waals surface area (Å²) in [6.45, 7) is 3.93. The lowest BCUT2D eigenvalue weighted by atomic mass is 9.99. The van der Waals surface area contributed by atoms with Gasteiger partial charge in [-0.3, -0.25) is 9.35 Å². The molecule has 1 aliphatic rings. The number of rotatable bonds is 54. The van der Waals surface area contributed by atoms with Crippen LogP contribution in [0.4, 0.5) is 0 Å². The van der Waals surface area contributed by atoms with Gasteiger partial charge in [-0.25, -0.2) is 4.18 Å². The fourth-order valence-corrected chi connectivity index (χ4v) is 9.94. The van der Waals surface area contributed by atoms with Crippen molar-refractivity contribution >= 4 is 16.4 Å². The van der Waals surface area contributed by atoms with E-state index in [4.69, 9.17) is 18.9 Å². The molecule has 0 aromatic carbocycles. The van der Waals surface area contributed by atoms with Gasteiger partial charge in [0.15, 0.2) is 6.29 Å². The Morgan fingerprint density at radius 2 is 0.932 bits per heavy atom. The maximum Gasteiger partial charge on any atom is 0.397 e. The number of unbranched alkanes of at least 4 members (excludes halogenated alkanes) is 33. The summed E-state index contributed by atoms with van der Waals surface area (Å²) in [6.07, 6.45) is 57.2. The summed E-state index contributed by atoms with van der Waals surface area (Å²) in [5.41, 5.74) is 0. The van der Waals surface area contributed by atoms with Crippen LogP contribution in [0.1, 0.15) is 271 Å². The van der Waals surface area contributed by atoms with Crippen molar-refractivity contribution < 1.29 is 56.2 Å². The van der Waals surface area contributed by atoms with Gasteiger partial charge in [0, 0.05) is 13.0 Å². The molecule has 6 unspecified atom stereocenters. The van der Waals surface area contributed by atoms with Crippen molar-refractivity contribution in [2.45, 2.75) is 307 Å². The Balaban J connectivity index is 2.26. The van der Waals surface area contributed by atoms with Gasteiger partial charge < -0.3 is 34.3 Å². The van der Waals surface area contributed by atoms with E-state index in [2.05, 4.69) is 66.6 Å². The summed E-state index contributed by atoms with van der Waals surface area (Å²) >= 11 is 0. The highest BCUT2D eigenvalue weighted by Crippen LogP contribution is 2.26. The highest BCUT2D eigenvalue weighted by Gasteiger charge is 2.48. The molecular weight excluding hydrogens is 957 g/mol. The standard InChI is InChI=1S/C61H112O12S/c1-3-5-7-9-11-13-15-17-19-21-23-25-27-29-31-33-35-37-39-41-43-45-47-49-51-69-53-55(54-70-61-59(65)60(73-74(66,67)68)58(64)56(52-62)72-61)71-57(63)50-48-46-44-42-40-38-36-34-32-30-28-26-24-22-20-18-16-14-12-10-8-6-4-2/h5,7,11,13,17,19,23,25,55-56,58-62,64-65H,3-4,6,8-10,12,14-16,18,20-22,24,26-54H2,1-2H3,(H,66,67,68)/b7-5-,13-11-,19-17-,25-23-. The van der Waals surface area contributed by atoms with E-state index in [0.29, 0.717) is 13.0 Å². The predicted molar refractivity (Wildman–Crippen MR) is 303 cm³/mol. The average molecular weight is 1070 g/mol. The lowest BCUT2D eigenvalue weighted by Gasteiger charge is -2.41. The Morgan fingerprint density at radius 3 is 1.36 bits per heavy atom. The number of aliphatic hydroxyl groups excluding tert-OH is 3. The number of ether oxygens (including phenoxy) is 4. The number of hydrogen-bond acceptors (Lipinski definition) is 11. The molecule has 13 heteroatoms. The molecule has 74 heavy (non-hydrogen) atoms. The number of carbonyl (C=O) groups is 1. The number of hydrogen-bond donors (Lipinski definition) is 4. The molecule has 434 valence electrons. The first kappa shape index (κ1) is 70.1. The third kappa shape index (κ3) is 44.1. The molecule has 1 saturated heterocycles. The first-order valence-corrected chi connectivity index (χ1v) is 31.8. The van der Waals surface area contributed by atoms with Gasteiger partial charge in [-0.2, -0.15) is 8.42 Å². The van der Waals surface area contributed by atoms with Gasteiger partial charge in [0.25, 0.3) is 0 Å². The van der Waals surface area contributed by atoms with Gasteiger partial charge in [0.2, 0.25) is 0 Å². The van der Waals surface area contributed by atoms with Crippen LogP contribution in [0, 0.1) is 0 Å². The SMILES string of the molecule is CC/C=C\C/C=C\C/C=C\C/C=C\CCCCCCCCCCCCCOCC(COC1OC(CO)C(O)C(OS(=O)(=O)O)C1O)OC(=O)CCCCCCCCCCCCCCCCCCCCCCCCC. The lowest BCUT2D eigenvalue weighted by Crippen LogP contribution is -2.60. The molecule has 6 atom stereocenters. The molecule has 0 aromatic heterocycles. The molecule has 4 N–H and O–H groups in total. The highest BCUT2D eigenvalue weighted by molar-refractivity contribution is 7.80. The van der Waals surface area contributed by atoms with Gasteiger partial charge in [0.05, 0.1) is 19.8 Å². The predicted octanol–water partition coefficient (Wildman–Crippen LogP) is 15.4. The quantitative estimate of drug-likeness (QED) is 0.0196. The van der Waals surface area contributed by atoms with Crippen LogP contribution in [0.25, 0.3) is 0 Å². The maximum absolute atomic E-state index is 13.0. The number of allylic oxidation sites excluding steroid dienone is 8. The molecule has 1 rings (SSSR count). The second kappa shape index (κ2) is 51.8. The van der Waals surface area contributed by atoms with Crippen LogP contribution in [-0.4, -0.2) is 97.5 Å². The van der Waals surface area contributed by atoms with E-state index >= 15 is 0 Å². The van der Waals surface area contributed by atoms with Gasteiger partial charge in [-0.1, -0.05) is 262 Å². The molecule has 1 heterocycles. The summed E-state index contributed by atoms with van der Waals surface area (Å²) in [5, 5.41) is 30.9. The molecule has 0 aromatic rings. The molecule has 0 radical (unpaired) electrons. The third-order valence-electron chi connectivity index (χ3n) is 14.0. The van der Waals surface area contributed by atoms with Gasteiger partial charge in [-0.05, 0) is 51.4 Å². The fourth-order valence-electron chi connectivity index (χ4n) is 9.43. The summed E-state index contributed by atoms with van der Waals surface area (Å²) in [4.78, 5) is 13.0. The van der Waals surface area contributed by atoms with Crippen LogP contribution in [0.15, 0.2) is 48.6 Å². The minimum atomic E-state index is -5.07. The molecule has 0 amide bonds. The Morgan fingerprint density at radius 1 is 0.527 bits per heavy atom. The van der Waals surface area contributed by atoms with Crippen LogP contribution < -0.4 is 0 Å². The molecule has 1 fully saturated rings. The second-order valence-corrected chi connectivity index (χ2v) is 22.0. The van der Waals surface area contributed by atoms with Crippen molar-refractivity contribution in [1.29, 1.82) is 0 Å². The zero-order chi connectivity index (χ0) is 53.8.